The molecular formula is C37H41Cl2N3O4S. The molecule has 7 nitrogen and oxygen atoms in total. The Kier molecular flexibility index (Phi) is 12.1. The van der Waals surface area contributed by atoms with E-state index >= 15 is 0 Å². The molecule has 2 amide bonds. The van der Waals surface area contributed by atoms with E-state index in [2.05, 4.69) is 5.32 Å². The molecule has 248 valence electrons. The van der Waals surface area contributed by atoms with Gasteiger partial charge in [-0.15, -0.1) is 0 Å². The number of carbonyl (C=O) groups excluding carboxylic acids is 2. The summed E-state index contributed by atoms with van der Waals surface area (Å²) in [5.74, 6) is -0.947. The predicted molar refractivity (Wildman–Crippen MR) is 190 cm³/mol. The van der Waals surface area contributed by atoms with E-state index in [9.17, 15) is 18.0 Å². The lowest BCUT2D eigenvalue weighted by Crippen LogP contribution is -2.54. The number of rotatable bonds is 13. The van der Waals surface area contributed by atoms with Crippen LogP contribution in [0.15, 0.2) is 95.9 Å². The van der Waals surface area contributed by atoms with Crippen molar-refractivity contribution in [2.45, 2.75) is 71.0 Å². The average Bonchev–Trinajstić information content (AvgIpc) is 3.04. The van der Waals surface area contributed by atoms with Crippen LogP contribution in [0.2, 0.25) is 10.0 Å². The van der Waals surface area contributed by atoms with Crippen molar-refractivity contribution >= 4 is 50.7 Å². The Morgan fingerprint density at radius 3 is 2.06 bits per heavy atom. The highest BCUT2D eigenvalue weighted by molar-refractivity contribution is 7.92. The van der Waals surface area contributed by atoms with Crippen molar-refractivity contribution in [3.63, 3.8) is 0 Å². The summed E-state index contributed by atoms with van der Waals surface area (Å²) in [6.07, 6.45) is 0.869. The number of amides is 2. The van der Waals surface area contributed by atoms with Crippen LogP contribution in [0, 0.1) is 20.8 Å². The lowest BCUT2D eigenvalue weighted by atomic mass is 10.0. The first-order valence-corrected chi connectivity index (χ1v) is 17.7. The molecular weight excluding hydrogens is 653 g/mol. The molecule has 0 aliphatic rings. The van der Waals surface area contributed by atoms with E-state index in [1.54, 1.807) is 42.5 Å². The van der Waals surface area contributed by atoms with Crippen LogP contribution in [-0.4, -0.2) is 43.8 Å². The normalized spacial score (nSPS) is 12.7. The van der Waals surface area contributed by atoms with Crippen LogP contribution < -0.4 is 9.62 Å². The minimum atomic E-state index is -4.22. The molecule has 0 heterocycles. The van der Waals surface area contributed by atoms with Gasteiger partial charge in [-0.05, 0) is 81.1 Å². The van der Waals surface area contributed by atoms with Gasteiger partial charge in [0.1, 0.15) is 12.6 Å². The van der Waals surface area contributed by atoms with Crippen LogP contribution >= 0.6 is 23.2 Å². The molecule has 2 atom stereocenters. The van der Waals surface area contributed by atoms with Crippen LogP contribution in [0.3, 0.4) is 0 Å². The smallest absolute Gasteiger partial charge is 0.264 e. The number of nitrogens with one attached hydrogen (secondary N) is 1. The number of anilines is 1. The van der Waals surface area contributed by atoms with Crippen LogP contribution in [0.5, 0.6) is 0 Å². The summed E-state index contributed by atoms with van der Waals surface area (Å²) in [6.45, 7) is 8.76. The van der Waals surface area contributed by atoms with Gasteiger partial charge >= 0.3 is 0 Å². The lowest BCUT2D eigenvalue weighted by Gasteiger charge is -2.35. The van der Waals surface area contributed by atoms with Crippen molar-refractivity contribution in [1.29, 1.82) is 0 Å². The fraction of sp³-hybridized carbons (Fsp3) is 0.297. The number of hydrogen-bond acceptors (Lipinski definition) is 4. The maximum absolute atomic E-state index is 14.7. The van der Waals surface area contributed by atoms with Gasteiger partial charge in [-0.1, -0.05) is 96.4 Å². The summed E-state index contributed by atoms with van der Waals surface area (Å²) in [5, 5.41) is 3.69. The van der Waals surface area contributed by atoms with Gasteiger partial charge in [0.2, 0.25) is 11.8 Å². The van der Waals surface area contributed by atoms with E-state index in [4.69, 9.17) is 23.2 Å². The third-order valence-corrected chi connectivity index (χ3v) is 10.9. The standard InChI is InChI=1S/C37H41Cl2N3O4S/c1-6-27(4)40-37(44)35(22-29-13-8-7-9-14-29)41(23-31-32(38)15-11-16-33(31)39)36(43)24-42(34-17-10-12-26(3)28(34)5)47(45,46)30-20-18-25(2)19-21-30/h7-21,27,35H,6,22-24H2,1-5H3,(H,40,44)/t27-,35-/m0/s1. The number of aryl methyl sites for hydroxylation is 2. The van der Waals surface area contributed by atoms with E-state index in [1.165, 1.54) is 17.0 Å². The van der Waals surface area contributed by atoms with Crippen molar-refractivity contribution < 1.29 is 18.0 Å². The Labute approximate surface area is 288 Å². The minimum absolute atomic E-state index is 0.0489. The third-order valence-electron chi connectivity index (χ3n) is 8.39. The van der Waals surface area contributed by atoms with Gasteiger partial charge in [0.05, 0.1) is 10.6 Å². The van der Waals surface area contributed by atoms with Gasteiger partial charge in [0.25, 0.3) is 10.0 Å². The second-order valence-electron chi connectivity index (χ2n) is 11.8. The van der Waals surface area contributed by atoms with Gasteiger partial charge in [0, 0.05) is 34.6 Å². The zero-order valence-electron chi connectivity index (χ0n) is 27.3. The van der Waals surface area contributed by atoms with Gasteiger partial charge in [0.15, 0.2) is 0 Å². The van der Waals surface area contributed by atoms with Gasteiger partial charge in [-0.2, -0.15) is 0 Å². The molecule has 0 aromatic heterocycles. The molecule has 4 aromatic carbocycles. The van der Waals surface area contributed by atoms with Crippen molar-refractivity contribution in [3.8, 4) is 0 Å². The summed E-state index contributed by atoms with van der Waals surface area (Å²) >= 11 is 13.2. The number of carbonyl (C=O) groups is 2. The molecule has 0 bridgehead atoms. The van der Waals surface area contributed by atoms with E-state index < -0.39 is 28.5 Å². The molecule has 0 unspecified atom stereocenters. The molecule has 10 heteroatoms. The minimum Gasteiger partial charge on any atom is -0.352 e. The Balaban J connectivity index is 1.87. The highest BCUT2D eigenvalue weighted by Gasteiger charge is 2.36. The molecule has 0 spiro atoms. The highest BCUT2D eigenvalue weighted by atomic mass is 35.5. The van der Waals surface area contributed by atoms with Crippen molar-refractivity contribution in [1.82, 2.24) is 10.2 Å². The molecule has 0 saturated heterocycles. The maximum Gasteiger partial charge on any atom is 0.264 e. The quantitative estimate of drug-likeness (QED) is 0.156. The Morgan fingerprint density at radius 1 is 0.830 bits per heavy atom. The number of nitrogens with zero attached hydrogens (tertiary/aromatic N) is 2. The van der Waals surface area contributed by atoms with Gasteiger partial charge < -0.3 is 10.2 Å². The summed E-state index contributed by atoms with van der Waals surface area (Å²) in [7, 11) is -4.22. The number of hydrogen-bond donors (Lipinski definition) is 1. The SMILES string of the molecule is CC[C@H](C)NC(=O)[C@H](Cc1ccccc1)N(Cc1c(Cl)cccc1Cl)C(=O)CN(c1cccc(C)c1C)S(=O)(=O)c1ccc(C)cc1. The van der Waals surface area contributed by atoms with Crippen LogP contribution in [0.25, 0.3) is 0 Å². The zero-order valence-corrected chi connectivity index (χ0v) is 29.7. The fourth-order valence-corrected chi connectivity index (χ4v) is 7.19. The molecule has 0 fully saturated rings. The predicted octanol–water partition coefficient (Wildman–Crippen LogP) is 7.67. The van der Waals surface area contributed by atoms with Crippen LogP contribution in [-0.2, 0) is 32.6 Å². The molecule has 1 N–H and O–H groups in total. The van der Waals surface area contributed by atoms with Gasteiger partial charge in [-0.25, -0.2) is 8.42 Å². The Morgan fingerprint density at radius 2 is 1.45 bits per heavy atom. The summed E-state index contributed by atoms with van der Waals surface area (Å²) in [5.41, 5.74) is 4.15. The average molecular weight is 695 g/mol. The molecule has 0 aliphatic carbocycles. The molecule has 0 radical (unpaired) electrons. The first-order chi connectivity index (χ1) is 22.3. The number of sulfonamides is 1. The van der Waals surface area contributed by atoms with Crippen molar-refractivity contribution in [2.24, 2.45) is 0 Å². The Bertz CT molecular complexity index is 1800. The number of benzene rings is 4. The first kappa shape index (κ1) is 36.0. The van der Waals surface area contributed by atoms with E-state index in [0.29, 0.717) is 33.3 Å². The summed E-state index contributed by atoms with van der Waals surface area (Å²) in [4.78, 5) is 30.2. The van der Waals surface area contributed by atoms with E-state index in [1.807, 2.05) is 71.0 Å². The topological polar surface area (TPSA) is 86.8 Å². The summed E-state index contributed by atoms with van der Waals surface area (Å²) < 4.78 is 29.8. The molecule has 4 rings (SSSR count). The van der Waals surface area contributed by atoms with Crippen molar-refractivity contribution in [3.05, 3.63) is 129 Å². The second-order valence-corrected chi connectivity index (χ2v) is 14.5. The monoisotopic (exact) mass is 693 g/mol. The lowest BCUT2D eigenvalue weighted by molar-refractivity contribution is -0.140. The molecule has 47 heavy (non-hydrogen) atoms. The molecule has 4 aromatic rings. The highest BCUT2D eigenvalue weighted by Crippen LogP contribution is 2.31. The third kappa shape index (κ3) is 8.74. The largest absolute Gasteiger partial charge is 0.352 e. The van der Waals surface area contributed by atoms with E-state index in [-0.39, 0.29) is 29.8 Å². The first-order valence-electron chi connectivity index (χ1n) is 15.6. The Hall–Kier alpha value is -3.85. The fourth-order valence-electron chi connectivity index (χ4n) is 5.21. The number of halogens is 2. The second kappa shape index (κ2) is 15.8. The molecule has 0 saturated carbocycles. The van der Waals surface area contributed by atoms with Gasteiger partial charge in [-0.3, -0.25) is 13.9 Å². The molecule has 0 aliphatic heterocycles. The zero-order chi connectivity index (χ0) is 34.3. The summed E-state index contributed by atoms with van der Waals surface area (Å²) in [6, 6.07) is 25.1. The van der Waals surface area contributed by atoms with Crippen molar-refractivity contribution in [2.75, 3.05) is 10.8 Å². The van der Waals surface area contributed by atoms with Crippen LogP contribution in [0.4, 0.5) is 5.69 Å². The maximum atomic E-state index is 14.7. The van der Waals surface area contributed by atoms with Crippen LogP contribution in [0.1, 0.15) is 48.1 Å². The van der Waals surface area contributed by atoms with E-state index in [0.717, 1.165) is 21.0 Å².